The molecular formula is C16H18O5. The second-order valence-corrected chi connectivity index (χ2v) is 5.88. The van der Waals surface area contributed by atoms with Crippen LogP contribution in [-0.2, 0) is 14.3 Å². The van der Waals surface area contributed by atoms with E-state index in [1.54, 1.807) is 6.07 Å². The van der Waals surface area contributed by atoms with Crippen molar-refractivity contribution in [3.63, 3.8) is 0 Å². The topological polar surface area (TPSA) is 72.8 Å². The number of carbonyl (C=O) groups excluding carboxylic acids is 2. The molecule has 1 heterocycles. The fraction of sp³-hybridized carbons (Fsp3) is 0.500. The second kappa shape index (κ2) is 4.76. The highest BCUT2D eigenvalue weighted by Crippen LogP contribution is 2.44. The molecule has 0 spiro atoms. The van der Waals surface area contributed by atoms with Crippen molar-refractivity contribution < 1.29 is 24.2 Å². The second-order valence-electron chi connectivity index (χ2n) is 5.88. The van der Waals surface area contributed by atoms with Crippen molar-refractivity contribution in [2.75, 3.05) is 0 Å². The van der Waals surface area contributed by atoms with E-state index in [1.807, 2.05) is 13.8 Å². The highest BCUT2D eigenvalue weighted by Gasteiger charge is 2.61. The Hall–Kier alpha value is -2.04. The van der Waals surface area contributed by atoms with Gasteiger partial charge in [0.1, 0.15) is 17.4 Å². The Morgan fingerprint density at radius 3 is 2.81 bits per heavy atom. The summed E-state index contributed by atoms with van der Waals surface area (Å²) in [5.41, 5.74) is 0.491. The molecule has 112 valence electrons. The minimum absolute atomic E-state index is 0.0783. The fourth-order valence-electron chi connectivity index (χ4n) is 3.22. The van der Waals surface area contributed by atoms with Gasteiger partial charge in [0.25, 0.3) is 0 Å². The SMILES string of the molecule is Cc1cc(O)cc(OC23CCCCC2C(=O)OC3=O)c1C. The number of hydrogen-bond donors (Lipinski definition) is 1. The van der Waals surface area contributed by atoms with E-state index in [9.17, 15) is 14.7 Å². The van der Waals surface area contributed by atoms with Crippen LogP contribution in [0.4, 0.5) is 0 Å². The van der Waals surface area contributed by atoms with E-state index in [-0.39, 0.29) is 5.75 Å². The minimum Gasteiger partial charge on any atom is -0.508 e. The quantitative estimate of drug-likeness (QED) is 0.669. The highest BCUT2D eigenvalue weighted by molar-refractivity contribution is 6.01. The number of aryl methyl sites for hydroxylation is 1. The van der Waals surface area contributed by atoms with Crippen molar-refractivity contribution in [2.45, 2.75) is 45.1 Å². The van der Waals surface area contributed by atoms with Crippen molar-refractivity contribution in [2.24, 2.45) is 5.92 Å². The molecule has 1 aromatic carbocycles. The van der Waals surface area contributed by atoms with Crippen molar-refractivity contribution >= 4 is 11.9 Å². The number of cyclic esters (lactones) is 2. The number of benzene rings is 1. The highest BCUT2D eigenvalue weighted by atomic mass is 16.6. The van der Waals surface area contributed by atoms with Crippen molar-refractivity contribution in [1.82, 2.24) is 0 Å². The molecule has 21 heavy (non-hydrogen) atoms. The third-order valence-electron chi connectivity index (χ3n) is 4.57. The van der Waals surface area contributed by atoms with Crippen LogP contribution in [0.5, 0.6) is 11.5 Å². The van der Waals surface area contributed by atoms with Gasteiger partial charge in [0.05, 0.1) is 0 Å². The predicted octanol–water partition coefficient (Wildman–Crippen LogP) is 2.40. The number of esters is 2. The van der Waals surface area contributed by atoms with Gasteiger partial charge in [0.15, 0.2) is 0 Å². The van der Waals surface area contributed by atoms with E-state index in [4.69, 9.17) is 9.47 Å². The molecule has 2 aliphatic rings. The monoisotopic (exact) mass is 290 g/mol. The van der Waals surface area contributed by atoms with Crippen LogP contribution in [0.25, 0.3) is 0 Å². The van der Waals surface area contributed by atoms with Gasteiger partial charge in [-0.25, -0.2) is 4.79 Å². The Balaban J connectivity index is 2.02. The summed E-state index contributed by atoms with van der Waals surface area (Å²) < 4.78 is 10.8. The summed E-state index contributed by atoms with van der Waals surface area (Å²) >= 11 is 0. The molecule has 1 aliphatic carbocycles. The lowest BCUT2D eigenvalue weighted by molar-refractivity contribution is -0.157. The van der Waals surface area contributed by atoms with Crippen LogP contribution in [0.3, 0.4) is 0 Å². The van der Waals surface area contributed by atoms with Gasteiger partial charge in [-0.3, -0.25) is 4.79 Å². The molecule has 5 nitrogen and oxygen atoms in total. The first kappa shape index (κ1) is 13.9. The number of carbonyl (C=O) groups is 2. The van der Waals surface area contributed by atoms with Gasteiger partial charge in [0.2, 0.25) is 5.60 Å². The Kier molecular flexibility index (Phi) is 3.15. The minimum atomic E-state index is -1.22. The lowest BCUT2D eigenvalue weighted by atomic mass is 9.76. The van der Waals surface area contributed by atoms with Crippen LogP contribution in [-0.4, -0.2) is 22.6 Å². The number of rotatable bonds is 2. The summed E-state index contributed by atoms with van der Waals surface area (Å²) in [5.74, 6) is -1.12. The lowest BCUT2D eigenvalue weighted by Crippen LogP contribution is -2.49. The summed E-state index contributed by atoms with van der Waals surface area (Å²) in [6.45, 7) is 3.72. The molecule has 1 aromatic rings. The van der Waals surface area contributed by atoms with Crippen molar-refractivity contribution in [3.8, 4) is 11.5 Å². The molecule has 3 rings (SSSR count). The molecule has 0 radical (unpaired) electrons. The normalized spacial score (nSPS) is 28.2. The average Bonchev–Trinajstić information content (AvgIpc) is 2.68. The van der Waals surface area contributed by atoms with Crippen LogP contribution in [0.1, 0.15) is 36.8 Å². The maximum absolute atomic E-state index is 12.2. The Morgan fingerprint density at radius 2 is 2.05 bits per heavy atom. The van der Waals surface area contributed by atoms with Gasteiger partial charge in [0, 0.05) is 6.07 Å². The van der Waals surface area contributed by atoms with Crippen LogP contribution in [0.15, 0.2) is 12.1 Å². The van der Waals surface area contributed by atoms with Crippen LogP contribution in [0.2, 0.25) is 0 Å². The predicted molar refractivity (Wildman–Crippen MR) is 74.0 cm³/mol. The maximum Gasteiger partial charge on any atom is 0.359 e. The molecule has 1 saturated carbocycles. The molecule has 2 unspecified atom stereocenters. The van der Waals surface area contributed by atoms with Crippen LogP contribution in [0, 0.1) is 19.8 Å². The standard InChI is InChI=1S/C16H18O5/c1-9-7-11(17)8-13(10(9)2)21-16-6-4-3-5-12(16)14(18)20-15(16)19/h7-8,12,17H,3-6H2,1-2H3. The van der Waals surface area contributed by atoms with E-state index < -0.39 is 23.5 Å². The largest absolute Gasteiger partial charge is 0.508 e. The number of aromatic hydroxyl groups is 1. The summed E-state index contributed by atoms with van der Waals surface area (Å²) in [7, 11) is 0. The molecule has 0 bridgehead atoms. The molecular weight excluding hydrogens is 272 g/mol. The molecule has 1 aliphatic heterocycles. The van der Waals surface area contributed by atoms with Gasteiger partial charge in [-0.2, -0.15) is 0 Å². The molecule has 1 saturated heterocycles. The van der Waals surface area contributed by atoms with E-state index in [0.717, 1.165) is 24.0 Å². The average molecular weight is 290 g/mol. The number of ether oxygens (including phenoxy) is 2. The van der Waals surface area contributed by atoms with E-state index in [0.29, 0.717) is 18.6 Å². The zero-order valence-corrected chi connectivity index (χ0v) is 12.1. The first-order valence-corrected chi connectivity index (χ1v) is 7.19. The molecule has 2 atom stereocenters. The lowest BCUT2D eigenvalue weighted by Gasteiger charge is -2.34. The Labute approximate surface area is 122 Å². The molecule has 0 aromatic heterocycles. The molecule has 1 N–H and O–H groups in total. The fourth-order valence-corrected chi connectivity index (χ4v) is 3.22. The number of phenolic OH excluding ortho intramolecular Hbond substituents is 1. The first-order valence-electron chi connectivity index (χ1n) is 7.19. The van der Waals surface area contributed by atoms with Gasteiger partial charge < -0.3 is 14.6 Å². The molecule has 5 heteroatoms. The summed E-state index contributed by atoms with van der Waals surface area (Å²) in [4.78, 5) is 24.1. The molecule has 0 amide bonds. The summed E-state index contributed by atoms with van der Waals surface area (Å²) in [6.07, 6.45) is 2.77. The summed E-state index contributed by atoms with van der Waals surface area (Å²) in [6, 6.07) is 3.12. The Morgan fingerprint density at radius 1 is 1.29 bits per heavy atom. The number of phenols is 1. The number of hydrogen-bond acceptors (Lipinski definition) is 5. The van der Waals surface area contributed by atoms with Gasteiger partial charge in [-0.15, -0.1) is 0 Å². The zero-order chi connectivity index (χ0) is 15.2. The van der Waals surface area contributed by atoms with E-state index >= 15 is 0 Å². The third kappa shape index (κ3) is 2.07. The number of fused-ring (bicyclic) bond motifs is 1. The Bertz CT molecular complexity index is 621. The van der Waals surface area contributed by atoms with Gasteiger partial charge in [-0.1, -0.05) is 6.42 Å². The maximum atomic E-state index is 12.2. The van der Waals surface area contributed by atoms with E-state index in [1.165, 1.54) is 6.07 Å². The zero-order valence-electron chi connectivity index (χ0n) is 12.1. The van der Waals surface area contributed by atoms with Gasteiger partial charge in [-0.05, 0) is 50.3 Å². The van der Waals surface area contributed by atoms with Crippen molar-refractivity contribution in [1.29, 1.82) is 0 Å². The first-order chi connectivity index (χ1) is 9.94. The van der Waals surface area contributed by atoms with Crippen molar-refractivity contribution in [3.05, 3.63) is 23.3 Å². The van der Waals surface area contributed by atoms with Gasteiger partial charge >= 0.3 is 11.9 Å². The van der Waals surface area contributed by atoms with E-state index in [2.05, 4.69) is 0 Å². The third-order valence-corrected chi connectivity index (χ3v) is 4.57. The van der Waals surface area contributed by atoms with Crippen LogP contribution < -0.4 is 4.74 Å². The van der Waals surface area contributed by atoms with Crippen LogP contribution >= 0.6 is 0 Å². The molecule has 2 fully saturated rings. The smallest absolute Gasteiger partial charge is 0.359 e. The summed E-state index contributed by atoms with van der Waals surface area (Å²) in [5, 5.41) is 9.74.